The topological polar surface area (TPSA) is 48.8 Å². The molecule has 7 heteroatoms. The van der Waals surface area contributed by atoms with Crippen LogP contribution in [0.1, 0.15) is 124 Å². The van der Waals surface area contributed by atoms with Crippen LogP contribution < -0.4 is 0 Å². The summed E-state index contributed by atoms with van der Waals surface area (Å²) >= 11 is 1.82. The molecule has 0 aliphatic rings. The van der Waals surface area contributed by atoms with Gasteiger partial charge >= 0.3 is 0 Å². The Balaban J connectivity index is 0.000000192. The molecule has 4 aromatic carbocycles. The number of hydrogen-bond donors (Lipinski definition) is 0. The molecule has 0 bridgehead atoms. The number of allylic oxidation sites excluding steroid dienone is 5. The summed E-state index contributed by atoms with van der Waals surface area (Å²) in [5, 5.41) is 3.75. The molecule has 332 valence electrons. The van der Waals surface area contributed by atoms with E-state index < -0.39 is 0 Å². The summed E-state index contributed by atoms with van der Waals surface area (Å²) in [5.74, 6) is 3.85. The predicted octanol–water partition coefficient (Wildman–Crippen LogP) is 17.3. The first-order valence-electron chi connectivity index (χ1n) is 22.9. The van der Waals surface area contributed by atoms with Gasteiger partial charge in [-0.3, -0.25) is 9.13 Å². The molecule has 0 aliphatic heterocycles. The molecule has 0 N–H and O–H groups in total. The lowest BCUT2D eigenvalue weighted by molar-refractivity contribution is 0.563. The van der Waals surface area contributed by atoms with E-state index in [0.717, 1.165) is 41.1 Å². The molecule has 0 fully saturated rings. The van der Waals surface area contributed by atoms with E-state index in [4.69, 9.17) is 9.40 Å². The van der Waals surface area contributed by atoms with Crippen LogP contribution in [0.5, 0.6) is 0 Å². The van der Waals surface area contributed by atoms with Gasteiger partial charge < -0.3 is 4.42 Å². The fourth-order valence-corrected chi connectivity index (χ4v) is 10.3. The number of benzene rings is 4. The predicted molar refractivity (Wildman–Crippen MR) is 272 cm³/mol. The average molecular weight is 873 g/mol. The van der Waals surface area contributed by atoms with Gasteiger partial charge in [-0.2, -0.15) is 0 Å². The molecule has 4 aromatic heterocycles. The van der Waals surface area contributed by atoms with Gasteiger partial charge in [0.15, 0.2) is 11.6 Å². The van der Waals surface area contributed by atoms with E-state index in [1.807, 2.05) is 48.0 Å². The van der Waals surface area contributed by atoms with Gasteiger partial charge in [-0.15, -0.1) is 11.3 Å². The molecule has 8 rings (SSSR count). The van der Waals surface area contributed by atoms with Crippen LogP contribution in [0.15, 0.2) is 138 Å². The van der Waals surface area contributed by atoms with Crippen LogP contribution in [0, 0.1) is 17.7 Å². The summed E-state index contributed by atoms with van der Waals surface area (Å²) in [6.45, 7) is 31.0. The maximum atomic E-state index is 14.7. The molecular weight excluding hydrogens is 808 g/mol. The summed E-state index contributed by atoms with van der Waals surface area (Å²) in [6, 6.07) is 26.1. The fourth-order valence-electron chi connectivity index (χ4n) is 9.03. The second-order valence-electron chi connectivity index (χ2n) is 19.4. The Kier molecular flexibility index (Phi) is 13.8. The monoisotopic (exact) mass is 872 g/mol. The maximum Gasteiger partial charge on any atom is 0.181 e. The number of nitrogens with zero attached hydrogens (tertiary/aromatic N) is 4. The van der Waals surface area contributed by atoms with Crippen molar-refractivity contribution in [2.75, 3.05) is 0 Å². The van der Waals surface area contributed by atoms with Gasteiger partial charge in [0.1, 0.15) is 17.2 Å². The van der Waals surface area contributed by atoms with Crippen molar-refractivity contribution in [3.05, 3.63) is 156 Å². The highest BCUT2D eigenvalue weighted by atomic mass is 32.1. The van der Waals surface area contributed by atoms with E-state index in [1.54, 1.807) is 18.3 Å². The van der Waals surface area contributed by atoms with E-state index in [2.05, 4.69) is 159 Å². The quantitative estimate of drug-likeness (QED) is 0.115. The molecule has 8 aromatic rings. The van der Waals surface area contributed by atoms with Gasteiger partial charge in [0.25, 0.3) is 0 Å². The third kappa shape index (κ3) is 9.10. The van der Waals surface area contributed by atoms with Crippen molar-refractivity contribution in [3.8, 4) is 28.7 Å². The SMILES string of the molecule is C=C/C(CC(C)C)=C(\C(=C/C)CC(C)C)n1ccnc1-c1oc2ccccc2c1C(C)(C)C.CC(C)c1cc(C(C)C)c2c(sc3ccccc32)c1-n1ccnc1-c1ccccc1F. The van der Waals surface area contributed by atoms with Crippen LogP contribution in [0.25, 0.3) is 65.5 Å². The Labute approximate surface area is 384 Å². The summed E-state index contributed by atoms with van der Waals surface area (Å²) < 4.78 is 28.0. The Bertz CT molecular complexity index is 2990. The fraction of sp³-hybridized carbons (Fsp3) is 0.333. The van der Waals surface area contributed by atoms with E-state index in [0.29, 0.717) is 35.1 Å². The number of furan rings is 1. The number of para-hydroxylation sites is 1. The first-order chi connectivity index (χ1) is 30.5. The Morgan fingerprint density at radius 2 is 1.41 bits per heavy atom. The lowest BCUT2D eigenvalue weighted by Crippen LogP contribution is -2.13. The zero-order chi connectivity index (χ0) is 46.0. The first kappa shape index (κ1) is 46.2. The third-order valence-electron chi connectivity index (χ3n) is 11.8. The largest absolute Gasteiger partial charge is 0.452 e. The zero-order valence-corrected chi connectivity index (χ0v) is 40.7. The average Bonchev–Trinajstić information content (AvgIpc) is 4.07. The van der Waals surface area contributed by atoms with Crippen LogP contribution in [0.4, 0.5) is 4.39 Å². The van der Waals surface area contributed by atoms with Gasteiger partial charge in [0.2, 0.25) is 0 Å². The van der Waals surface area contributed by atoms with E-state index in [1.165, 1.54) is 59.8 Å². The van der Waals surface area contributed by atoms with Crippen molar-refractivity contribution in [1.29, 1.82) is 0 Å². The molecule has 0 spiro atoms. The molecular formula is C57H65FN4OS. The highest BCUT2D eigenvalue weighted by Crippen LogP contribution is 2.46. The summed E-state index contributed by atoms with van der Waals surface area (Å²) in [6.07, 6.45) is 13.9. The minimum absolute atomic E-state index is 0.0941. The molecule has 0 amide bonds. The summed E-state index contributed by atoms with van der Waals surface area (Å²) in [7, 11) is 0. The van der Waals surface area contributed by atoms with Crippen LogP contribution in [0.2, 0.25) is 0 Å². The number of imidazole rings is 2. The first-order valence-corrected chi connectivity index (χ1v) is 23.7. The number of fused-ring (bicyclic) bond motifs is 4. The van der Waals surface area contributed by atoms with Gasteiger partial charge in [-0.05, 0) is 95.4 Å². The zero-order valence-electron chi connectivity index (χ0n) is 39.9. The van der Waals surface area contributed by atoms with Crippen LogP contribution in [0.3, 0.4) is 0 Å². The molecule has 0 unspecified atom stereocenters. The Morgan fingerprint density at radius 1 is 0.781 bits per heavy atom. The van der Waals surface area contributed by atoms with E-state index >= 15 is 0 Å². The van der Waals surface area contributed by atoms with Gasteiger partial charge in [-0.25, -0.2) is 14.4 Å². The van der Waals surface area contributed by atoms with Crippen molar-refractivity contribution >= 4 is 48.2 Å². The van der Waals surface area contributed by atoms with Crippen LogP contribution in [-0.4, -0.2) is 19.1 Å². The molecule has 5 nitrogen and oxygen atoms in total. The Hall–Kier alpha value is -5.79. The second-order valence-corrected chi connectivity index (χ2v) is 20.4. The molecule has 64 heavy (non-hydrogen) atoms. The van der Waals surface area contributed by atoms with Crippen molar-refractivity contribution in [2.45, 2.75) is 113 Å². The van der Waals surface area contributed by atoms with Crippen molar-refractivity contribution in [3.63, 3.8) is 0 Å². The van der Waals surface area contributed by atoms with Crippen LogP contribution >= 0.6 is 11.3 Å². The highest BCUT2D eigenvalue weighted by molar-refractivity contribution is 7.26. The lowest BCUT2D eigenvalue weighted by Gasteiger charge is -2.23. The molecule has 0 saturated heterocycles. The number of rotatable bonds is 12. The summed E-state index contributed by atoms with van der Waals surface area (Å²) in [4.78, 5) is 9.41. The van der Waals surface area contributed by atoms with Crippen LogP contribution in [-0.2, 0) is 5.41 Å². The molecule has 0 atom stereocenters. The maximum absolute atomic E-state index is 14.7. The number of thiophene rings is 1. The molecule has 0 aliphatic carbocycles. The van der Waals surface area contributed by atoms with E-state index in [-0.39, 0.29) is 11.2 Å². The minimum Gasteiger partial charge on any atom is -0.452 e. The smallest absolute Gasteiger partial charge is 0.181 e. The minimum atomic E-state index is -0.257. The van der Waals surface area contributed by atoms with Crippen molar-refractivity contribution < 1.29 is 8.81 Å². The van der Waals surface area contributed by atoms with Crippen molar-refractivity contribution in [1.82, 2.24) is 19.1 Å². The van der Waals surface area contributed by atoms with Gasteiger partial charge in [0, 0.05) is 51.2 Å². The third-order valence-corrected chi connectivity index (χ3v) is 13.0. The highest BCUT2D eigenvalue weighted by Gasteiger charge is 2.30. The number of aromatic nitrogens is 4. The standard InChI is InChI=1S/C30H40N2O.C27H25FN2S/c1-10-22(18-20(3)4)27(23(11-2)19-21(5)6)32-17-16-31-29(32)28-26(30(7,8)9)24-14-12-13-15-25(24)33-28;1-16(2)20-15-21(17(3)4)25(26-24(20)19-10-6-8-12-23(19)31-26)30-14-13-29-27(30)18-9-5-7-11-22(18)28/h10-17,20-21H,1,18-19H2,2-9H3;5-17H,1-4H3/b23-11-,27-22-;. The Morgan fingerprint density at radius 3 is 2.05 bits per heavy atom. The molecule has 0 saturated carbocycles. The van der Waals surface area contributed by atoms with Crippen molar-refractivity contribution in [2.24, 2.45) is 11.8 Å². The number of halogens is 1. The van der Waals surface area contributed by atoms with Gasteiger partial charge in [0.05, 0.1) is 21.6 Å². The second kappa shape index (κ2) is 19.1. The summed E-state index contributed by atoms with van der Waals surface area (Å²) in [5.41, 5.74) is 10.0. The van der Waals surface area contributed by atoms with Gasteiger partial charge in [-0.1, -0.05) is 149 Å². The van der Waals surface area contributed by atoms with E-state index in [9.17, 15) is 4.39 Å². The lowest BCUT2D eigenvalue weighted by atomic mass is 9.84. The number of hydrogen-bond acceptors (Lipinski definition) is 4. The normalized spacial score (nSPS) is 12.9. The molecule has 4 heterocycles. The molecule has 0 radical (unpaired) electrons.